The molecule has 2 aromatic rings. The van der Waals surface area contributed by atoms with Gasteiger partial charge in [0.25, 0.3) is 5.91 Å². The van der Waals surface area contributed by atoms with Crippen LogP contribution in [0.1, 0.15) is 41.0 Å². The SMILES string of the molecule is CC(=O)NC(CC(=O)NNC(=O)c1cc(Br)c[nH]1)c1ccc(C)cc1. The average molecular weight is 407 g/mol. The number of benzene rings is 1. The number of aryl methyl sites for hydroxylation is 1. The molecule has 1 atom stereocenters. The zero-order valence-electron chi connectivity index (χ0n) is 13.9. The van der Waals surface area contributed by atoms with Crippen molar-refractivity contribution in [1.29, 1.82) is 0 Å². The van der Waals surface area contributed by atoms with Gasteiger partial charge in [-0.3, -0.25) is 25.2 Å². The number of rotatable bonds is 5. The fraction of sp³-hybridized carbons (Fsp3) is 0.235. The molecular weight excluding hydrogens is 388 g/mol. The molecule has 0 saturated carbocycles. The van der Waals surface area contributed by atoms with Crippen LogP contribution in [-0.4, -0.2) is 22.7 Å². The highest BCUT2D eigenvalue weighted by Crippen LogP contribution is 2.17. The van der Waals surface area contributed by atoms with Gasteiger partial charge in [0.2, 0.25) is 11.8 Å². The van der Waals surface area contributed by atoms with Gasteiger partial charge in [0.05, 0.1) is 12.5 Å². The normalized spacial score (nSPS) is 11.5. The van der Waals surface area contributed by atoms with Crippen molar-refractivity contribution >= 4 is 33.7 Å². The van der Waals surface area contributed by atoms with E-state index in [1.165, 1.54) is 6.92 Å². The zero-order valence-corrected chi connectivity index (χ0v) is 15.4. The molecule has 0 aliphatic carbocycles. The quantitative estimate of drug-likeness (QED) is 0.571. The van der Waals surface area contributed by atoms with E-state index in [2.05, 4.69) is 37.1 Å². The van der Waals surface area contributed by atoms with Crippen molar-refractivity contribution in [2.45, 2.75) is 26.3 Å². The minimum Gasteiger partial charge on any atom is -0.356 e. The Bertz CT molecular complexity index is 770. The third kappa shape index (κ3) is 5.75. The molecule has 8 heteroatoms. The summed E-state index contributed by atoms with van der Waals surface area (Å²) in [6.07, 6.45) is 1.61. The molecule has 1 aromatic heterocycles. The summed E-state index contributed by atoms with van der Waals surface area (Å²) >= 11 is 3.23. The lowest BCUT2D eigenvalue weighted by molar-refractivity contribution is -0.123. The summed E-state index contributed by atoms with van der Waals surface area (Å²) < 4.78 is 0.731. The van der Waals surface area contributed by atoms with E-state index in [9.17, 15) is 14.4 Å². The number of halogens is 1. The number of aromatic amines is 1. The first-order valence-electron chi connectivity index (χ1n) is 7.62. The number of hydrazine groups is 1. The van der Waals surface area contributed by atoms with Gasteiger partial charge in [-0.15, -0.1) is 0 Å². The van der Waals surface area contributed by atoms with Crippen LogP contribution >= 0.6 is 15.9 Å². The van der Waals surface area contributed by atoms with Crippen molar-refractivity contribution in [3.8, 4) is 0 Å². The summed E-state index contributed by atoms with van der Waals surface area (Å²) in [5, 5.41) is 2.74. The van der Waals surface area contributed by atoms with Crippen LogP contribution < -0.4 is 16.2 Å². The molecule has 0 aliphatic heterocycles. The van der Waals surface area contributed by atoms with Gasteiger partial charge in [0.1, 0.15) is 5.69 Å². The number of amides is 3. The lowest BCUT2D eigenvalue weighted by Gasteiger charge is -2.18. The number of carbonyl (C=O) groups is 3. The number of hydrogen-bond donors (Lipinski definition) is 4. The Morgan fingerprint density at radius 3 is 2.40 bits per heavy atom. The summed E-state index contributed by atoms with van der Waals surface area (Å²) in [5.41, 5.74) is 6.89. The molecule has 3 amide bonds. The largest absolute Gasteiger partial charge is 0.356 e. The standard InChI is InChI=1S/C17H19BrN4O3/c1-10-3-5-12(6-4-10)14(20-11(2)23)8-16(24)21-22-17(25)15-7-13(18)9-19-15/h3-7,9,14,19H,8H2,1-2H3,(H,20,23)(H,21,24)(H,22,25). The molecule has 25 heavy (non-hydrogen) atoms. The van der Waals surface area contributed by atoms with Gasteiger partial charge in [0, 0.05) is 17.6 Å². The maximum Gasteiger partial charge on any atom is 0.286 e. The van der Waals surface area contributed by atoms with E-state index in [1.54, 1.807) is 12.3 Å². The highest BCUT2D eigenvalue weighted by Gasteiger charge is 2.18. The number of hydrogen-bond acceptors (Lipinski definition) is 3. The smallest absolute Gasteiger partial charge is 0.286 e. The van der Waals surface area contributed by atoms with E-state index >= 15 is 0 Å². The zero-order chi connectivity index (χ0) is 18.4. The second kappa shape index (κ2) is 8.48. The van der Waals surface area contributed by atoms with Gasteiger partial charge in [-0.1, -0.05) is 29.8 Å². The second-order valence-corrected chi connectivity index (χ2v) is 6.52. The van der Waals surface area contributed by atoms with Gasteiger partial charge in [0.15, 0.2) is 0 Å². The molecule has 1 aromatic carbocycles. The summed E-state index contributed by atoms with van der Waals surface area (Å²) in [5.74, 6) is -1.12. The highest BCUT2D eigenvalue weighted by atomic mass is 79.9. The van der Waals surface area contributed by atoms with Crippen LogP contribution in [0.15, 0.2) is 41.0 Å². The monoisotopic (exact) mass is 406 g/mol. The predicted molar refractivity (Wildman–Crippen MR) is 96.5 cm³/mol. The van der Waals surface area contributed by atoms with Crippen LogP contribution in [-0.2, 0) is 9.59 Å². The lowest BCUT2D eigenvalue weighted by atomic mass is 10.0. The molecule has 0 spiro atoms. The highest BCUT2D eigenvalue weighted by molar-refractivity contribution is 9.10. The summed E-state index contributed by atoms with van der Waals surface area (Å²) in [6.45, 7) is 3.35. The maximum atomic E-state index is 12.1. The summed E-state index contributed by atoms with van der Waals surface area (Å²) in [6, 6.07) is 8.65. The number of nitrogens with one attached hydrogen (secondary N) is 4. The van der Waals surface area contributed by atoms with Gasteiger partial charge in [-0.05, 0) is 34.5 Å². The van der Waals surface area contributed by atoms with Crippen LogP contribution in [0.3, 0.4) is 0 Å². The Hall–Kier alpha value is -2.61. The molecule has 4 N–H and O–H groups in total. The van der Waals surface area contributed by atoms with E-state index in [0.717, 1.165) is 15.6 Å². The first-order valence-corrected chi connectivity index (χ1v) is 8.41. The number of H-pyrrole nitrogens is 1. The molecule has 2 rings (SSSR count). The van der Waals surface area contributed by atoms with Gasteiger partial charge in [-0.2, -0.15) is 0 Å². The Morgan fingerprint density at radius 1 is 1.16 bits per heavy atom. The molecule has 7 nitrogen and oxygen atoms in total. The Morgan fingerprint density at radius 2 is 1.84 bits per heavy atom. The van der Waals surface area contributed by atoms with Crippen molar-refractivity contribution in [2.24, 2.45) is 0 Å². The van der Waals surface area contributed by atoms with Crippen LogP contribution in [0.4, 0.5) is 0 Å². The summed E-state index contributed by atoms with van der Waals surface area (Å²) in [4.78, 5) is 38.2. The van der Waals surface area contributed by atoms with Crippen molar-refractivity contribution in [3.05, 3.63) is 57.8 Å². The molecule has 0 bridgehead atoms. The van der Waals surface area contributed by atoms with Crippen LogP contribution in [0.25, 0.3) is 0 Å². The van der Waals surface area contributed by atoms with E-state index < -0.39 is 17.9 Å². The minimum absolute atomic E-state index is 0.00264. The topological polar surface area (TPSA) is 103 Å². The second-order valence-electron chi connectivity index (χ2n) is 5.60. The molecule has 1 unspecified atom stereocenters. The number of carbonyl (C=O) groups excluding carboxylic acids is 3. The average Bonchev–Trinajstić information content (AvgIpc) is 2.99. The third-order valence-electron chi connectivity index (χ3n) is 3.45. The molecule has 1 heterocycles. The maximum absolute atomic E-state index is 12.1. The van der Waals surface area contributed by atoms with Crippen molar-refractivity contribution in [1.82, 2.24) is 21.2 Å². The van der Waals surface area contributed by atoms with Gasteiger partial charge < -0.3 is 10.3 Å². The van der Waals surface area contributed by atoms with Crippen LogP contribution in [0, 0.1) is 6.92 Å². The summed E-state index contributed by atoms with van der Waals surface area (Å²) in [7, 11) is 0. The Labute approximate surface area is 153 Å². The Balaban J connectivity index is 1.95. The molecular formula is C17H19BrN4O3. The van der Waals surface area contributed by atoms with E-state index in [0.29, 0.717) is 5.69 Å². The molecule has 0 saturated heterocycles. The van der Waals surface area contributed by atoms with E-state index in [1.807, 2.05) is 31.2 Å². The van der Waals surface area contributed by atoms with Crippen LogP contribution in [0.5, 0.6) is 0 Å². The number of aromatic nitrogens is 1. The van der Waals surface area contributed by atoms with E-state index in [4.69, 9.17) is 0 Å². The fourth-order valence-electron chi connectivity index (χ4n) is 2.23. The molecule has 132 valence electrons. The van der Waals surface area contributed by atoms with Crippen molar-refractivity contribution in [2.75, 3.05) is 0 Å². The molecule has 0 aliphatic rings. The first kappa shape index (κ1) is 18.7. The third-order valence-corrected chi connectivity index (χ3v) is 3.91. The van der Waals surface area contributed by atoms with Gasteiger partial charge >= 0.3 is 0 Å². The Kier molecular flexibility index (Phi) is 6.35. The minimum atomic E-state index is -0.477. The van der Waals surface area contributed by atoms with E-state index in [-0.39, 0.29) is 12.3 Å². The fourth-order valence-corrected chi connectivity index (χ4v) is 2.57. The predicted octanol–water partition coefficient (Wildman–Crippen LogP) is 2.11. The lowest BCUT2D eigenvalue weighted by Crippen LogP contribution is -2.43. The van der Waals surface area contributed by atoms with Gasteiger partial charge in [-0.25, -0.2) is 0 Å². The van der Waals surface area contributed by atoms with Crippen molar-refractivity contribution in [3.63, 3.8) is 0 Å². The van der Waals surface area contributed by atoms with Crippen molar-refractivity contribution < 1.29 is 14.4 Å². The molecule has 0 fully saturated rings. The molecule has 0 radical (unpaired) electrons. The van der Waals surface area contributed by atoms with Crippen LogP contribution in [0.2, 0.25) is 0 Å². The first-order chi connectivity index (χ1) is 11.8.